The van der Waals surface area contributed by atoms with Crippen LogP contribution in [0.15, 0.2) is 78.9 Å². The number of benzene rings is 4. The summed E-state index contributed by atoms with van der Waals surface area (Å²) < 4.78 is 12.6. The smallest absolute Gasteiger partial charge is 0.340 e. The average molecular weight is 449 g/mol. The Kier molecular flexibility index (Phi) is 4.42. The zero-order valence-corrected chi connectivity index (χ0v) is 19.0. The first-order chi connectivity index (χ1) is 16.5. The summed E-state index contributed by atoms with van der Waals surface area (Å²) in [5.41, 5.74) is 12.6. The maximum absolute atomic E-state index is 13.1. The molecule has 2 heterocycles. The lowest BCUT2D eigenvalue weighted by atomic mass is 9.76. The van der Waals surface area contributed by atoms with Crippen LogP contribution in [0.3, 0.4) is 0 Å². The fourth-order valence-corrected chi connectivity index (χ4v) is 5.08. The van der Waals surface area contributed by atoms with Gasteiger partial charge in [-0.3, -0.25) is 0 Å². The topological polar surface area (TPSA) is 73.6 Å². The molecule has 5 heteroatoms. The highest BCUT2D eigenvalue weighted by molar-refractivity contribution is 5.97. The number of esters is 1. The first-order valence-corrected chi connectivity index (χ1v) is 11.4. The van der Waals surface area contributed by atoms with Crippen LogP contribution in [0.25, 0.3) is 0 Å². The molecule has 4 aromatic carbocycles. The molecule has 168 valence electrons. The van der Waals surface area contributed by atoms with E-state index in [1.165, 1.54) is 5.56 Å². The maximum atomic E-state index is 13.1. The van der Waals surface area contributed by atoms with Crippen molar-refractivity contribution in [2.45, 2.75) is 25.9 Å². The highest BCUT2D eigenvalue weighted by Gasteiger charge is 2.54. The number of anilines is 3. The zero-order valence-electron chi connectivity index (χ0n) is 19.0. The van der Waals surface area contributed by atoms with Crippen molar-refractivity contribution < 1.29 is 14.3 Å². The van der Waals surface area contributed by atoms with Crippen molar-refractivity contribution in [2.24, 2.45) is 0 Å². The average Bonchev–Trinajstić information content (AvgIpc) is 3.14. The van der Waals surface area contributed by atoms with E-state index in [2.05, 4.69) is 37.4 Å². The summed E-state index contributed by atoms with van der Waals surface area (Å²) in [6.07, 6.45) is 0.976. The van der Waals surface area contributed by atoms with Crippen molar-refractivity contribution in [3.8, 4) is 11.5 Å². The van der Waals surface area contributed by atoms with Crippen LogP contribution in [-0.2, 0) is 16.8 Å². The van der Waals surface area contributed by atoms with Crippen LogP contribution in [0, 0.1) is 6.92 Å². The lowest BCUT2D eigenvalue weighted by Gasteiger charge is -2.38. The number of nitrogens with two attached hydrogens (primary N) is 1. The molecule has 0 aromatic heterocycles. The van der Waals surface area contributed by atoms with Crippen molar-refractivity contribution in [2.75, 3.05) is 11.1 Å². The second kappa shape index (κ2) is 7.39. The molecule has 1 atom stereocenters. The van der Waals surface area contributed by atoms with Crippen LogP contribution in [-0.4, -0.2) is 5.97 Å². The molecule has 0 fully saturated rings. The molecule has 4 aromatic rings. The van der Waals surface area contributed by atoms with Crippen LogP contribution in [0.2, 0.25) is 0 Å². The van der Waals surface area contributed by atoms with Gasteiger partial charge in [-0.2, -0.15) is 0 Å². The van der Waals surface area contributed by atoms with Gasteiger partial charge < -0.3 is 20.5 Å². The van der Waals surface area contributed by atoms with Gasteiger partial charge in [-0.05, 0) is 66.9 Å². The molecular weight excluding hydrogens is 424 g/mol. The molecule has 0 saturated carbocycles. The molecule has 34 heavy (non-hydrogen) atoms. The number of nitrogen functional groups attached to an aromatic ring is 1. The number of rotatable bonds is 3. The Hall–Kier alpha value is -4.25. The van der Waals surface area contributed by atoms with Crippen LogP contribution in [0.5, 0.6) is 11.5 Å². The summed E-state index contributed by atoms with van der Waals surface area (Å²) >= 11 is 0. The minimum Gasteiger partial charge on any atom is -0.456 e. The molecule has 3 N–H and O–H groups in total. The number of hydrogen-bond acceptors (Lipinski definition) is 5. The van der Waals surface area contributed by atoms with Crippen LogP contribution >= 0.6 is 0 Å². The molecule has 0 saturated heterocycles. The number of carbonyl (C=O) groups is 1. The van der Waals surface area contributed by atoms with Gasteiger partial charge in [0.1, 0.15) is 11.5 Å². The Morgan fingerprint density at radius 1 is 0.882 bits per heavy atom. The van der Waals surface area contributed by atoms with Crippen LogP contribution in [0.4, 0.5) is 17.1 Å². The van der Waals surface area contributed by atoms with E-state index in [0.717, 1.165) is 34.5 Å². The second-order valence-corrected chi connectivity index (χ2v) is 8.78. The number of carbonyl (C=O) groups excluding carboxylic acids is 1. The summed E-state index contributed by atoms with van der Waals surface area (Å²) in [7, 11) is 0. The van der Waals surface area contributed by atoms with Gasteiger partial charge in [0.15, 0.2) is 5.60 Å². The third-order valence-electron chi connectivity index (χ3n) is 6.72. The van der Waals surface area contributed by atoms with E-state index >= 15 is 0 Å². The first-order valence-electron chi connectivity index (χ1n) is 11.4. The van der Waals surface area contributed by atoms with Gasteiger partial charge in [0.25, 0.3) is 0 Å². The highest BCUT2D eigenvalue weighted by atomic mass is 16.6. The van der Waals surface area contributed by atoms with Crippen molar-refractivity contribution >= 4 is 23.0 Å². The second-order valence-electron chi connectivity index (χ2n) is 8.78. The lowest BCUT2D eigenvalue weighted by molar-refractivity contribution is 0.0227. The minimum absolute atomic E-state index is 0.366. The van der Waals surface area contributed by atoms with E-state index in [4.69, 9.17) is 15.2 Å². The number of fused-ring (bicyclic) bond motifs is 6. The normalized spacial score (nSPS) is 17.4. The van der Waals surface area contributed by atoms with E-state index < -0.39 is 5.60 Å². The van der Waals surface area contributed by atoms with Gasteiger partial charge in [0.05, 0.1) is 16.8 Å². The summed E-state index contributed by atoms with van der Waals surface area (Å²) in [5, 5.41) is 3.59. The Bertz CT molecular complexity index is 1480. The fourth-order valence-electron chi connectivity index (χ4n) is 5.08. The predicted octanol–water partition coefficient (Wildman–Crippen LogP) is 6.45. The Morgan fingerprint density at radius 3 is 2.56 bits per heavy atom. The number of hydrogen-bond donors (Lipinski definition) is 2. The van der Waals surface area contributed by atoms with Gasteiger partial charge in [0, 0.05) is 22.5 Å². The Labute approximate surface area is 198 Å². The minimum atomic E-state index is -1.17. The predicted molar refractivity (Wildman–Crippen MR) is 133 cm³/mol. The fraction of sp³-hybridized carbons (Fsp3) is 0.138. The van der Waals surface area contributed by atoms with Gasteiger partial charge in [-0.15, -0.1) is 0 Å². The van der Waals surface area contributed by atoms with E-state index in [1.54, 1.807) is 12.1 Å². The van der Waals surface area contributed by atoms with E-state index in [1.807, 2.05) is 48.5 Å². The van der Waals surface area contributed by atoms with Gasteiger partial charge in [-0.1, -0.05) is 43.3 Å². The quantitative estimate of drug-likeness (QED) is 0.278. The Morgan fingerprint density at radius 2 is 1.74 bits per heavy atom. The van der Waals surface area contributed by atoms with Gasteiger partial charge in [0.2, 0.25) is 0 Å². The van der Waals surface area contributed by atoms with Crippen molar-refractivity contribution in [1.29, 1.82) is 0 Å². The largest absolute Gasteiger partial charge is 0.456 e. The molecule has 0 amide bonds. The molecule has 2 aliphatic rings. The number of aryl methyl sites for hydroxylation is 2. The highest BCUT2D eigenvalue weighted by Crippen LogP contribution is 2.58. The number of nitrogens with one attached hydrogen (secondary N) is 1. The lowest BCUT2D eigenvalue weighted by Crippen LogP contribution is -2.34. The molecule has 2 aliphatic heterocycles. The Balaban J connectivity index is 1.62. The monoisotopic (exact) mass is 448 g/mol. The third kappa shape index (κ3) is 2.83. The molecule has 1 unspecified atom stereocenters. The zero-order chi connectivity index (χ0) is 23.4. The molecular formula is C29H24N2O3. The first kappa shape index (κ1) is 20.4. The van der Waals surface area contributed by atoms with Gasteiger partial charge in [-0.25, -0.2) is 4.79 Å². The van der Waals surface area contributed by atoms with Crippen molar-refractivity contribution in [1.82, 2.24) is 0 Å². The SMILES string of the molecule is CCc1ccc(Nc2cccc3c2C2(OC(=O)c4ccccc42)c2cc(N)ccc2O3)c(C)c1. The van der Waals surface area contributed by atoms with Gasteiger partial charge >= 0.3 is 5.97 Å². The van der Waals surface area contributed by atoms with E-state index in [9.17, 15) is 4.79 Å². The molecule has 5 nitrogen and oxygen atoms in total. The molecule has 1 spiro atoms. The third-order valence-corrected chi connectivity index (χ3v) is 6.72. The number of ether oxygens (including phenoxy) is 2. The summed E-state index contributed by atoms with van der Waals surface area (Å²) in [6, 6.07) is 25.2. The molecule has 0 bridgehead atoms. The molecule has 6 rings (SSSR count). The molecule has 0 radical (unpaired) electrons. The van der Waals surface area contributed by atoms with Crippen molar-refractivity contribution in [3.63, 3.8) is 0 Å². The standard InChI is InChI=1S/C29H24N2O3/c1-3-18-11-13-23(17(2)15-18)31-24-9-6-10-26-27(24)29(22-16-19(30)12-14-25(22)33-26)21-8-5-4-7-20(21)28(32)34-29/h4-16,31H,3,30H2,1-2H3. The summed E-state index contributed by atoms with van der Waals surface area (Å²) in [6.45, 7) is 4.23. The molecule has 0 aliphatic carbocycles. The van der Waals surface area contributed by atoms with Crippen LogP contribution in [0.1, 0.15) is 45.1 Å². The van der Waals surface area contributed by atoms with Crippen LogP contribution < -0.4 is 15.8 Å². The summed E-state index contributed by atoms with van der Waals surface area (Å²) in [4.78, 5) is 13.1. The summed E-state index contributed by atoms with van der Waals surface area (Å²) in [5.74, 6) is 0.886. The maximum Gasteiger partial charge on any atom is 0.340 e. The van der Waals surface area contributed by atoms with E-state index in [0.29, 0.717) is 28.3 Å². The van der Waals surface area contributed by atoms with E-state index in [-0.39, 0.29) is 5.97 Å². The van der Waals surface area contributed by atoms with Crippen molar-refractivity contribution in [3.05, 3.63) is 112 Å².